The molecule has 43 heavy (non-hydrogen) atoms. The number of amides is 4. The molecule has 9 heteroatoms. The molecule has 3 atom stereocenters. The van der Waals surface area contributed by atoms with Gasteiger partial charge in [-0.1, -0.05) is 74.6 Å². The second kappa shape index (κ2) is 14.1. The molecule has 4 amide bonds. The fourth-order valence-corrected chi connectivity index (χ4v) is 7.34. The average molecular weight is 589 g/mol. The zero-order chi connectivity index (χ0) is 30.3. The minimum Gasteiger partial charge on any atom is -0.481 e. The van der Waals surface area contributed by atoms with E-state index in [1.165, 1.54) is 4.90 Å². The van der Waals surface area contributed by atoms with Gasteiger partial charge >= 0.3 is 12.0 Å². The third kappa shape index (κ3) is 7.37. The number of aliphatic carboxylic acids is 1. The summed E-state index contributed by atoms with van der Waals surface area (Å²) in [7, 11) is 0. The smallest absolute Gasteiger partial charge is 0.323 e. The molecule has 0 aromatic heterocycles. The Balaban J connectivity index is 1.45. The fraction of sp³-hybridized carbons (Fsp3) is 0.529. The van der Waals surface area contributed by atoms with E-state index in [-0.39, 0.29) is 37.3 Å². The van der Waals surface area contributed by atoms with Crippen LogP contribution in [0.15, 0.2) is 54.6 Å². The molecule has 3 aliphatic rings. The molecule has 2 aromatic rings. The number of hydrogen-bond donors (Lipinski definition) is 3. The average Bonchev–Trinajstić information content (AvgIpc) is 3.69. The van der Waals surface area contributed by atoms with Gasteiger partial charge in [-0.3, -0.25) is 19.3 Å². The summed E-state index contributed by atoms with van der Waals surface area (Å²) >= 11 is 0. The van der Waals surface area contributed by atoms with Gasteiger partial charge < -0.3 is 20.6 Å². The van der Waals surface area contributed by atoms with E-state index < -0.39 is 36.0 Å². The van der Waals surface area contributed by atoms with E-state index in [0.717, 1.165) is 68.9 Å². The van der Waals surface area contributed by atoms with Crippen LogP contribution in [0.3, 0.4) is 0 Å². The highest BCUT2D eigenvalue weighted by Crippen LogP contribution is 2.39. The van der Waals surface area contributed by atoms with Gasteiger partial charge in [0.1, 0.15) is 0 Å². The predicted octanol–water partition coefficient (Wildman–Crippen LogP) is 5.51. The number of aryl methyl sites for hydroxylation is 1. The molecule has 3 unspecified atom stereocenters. The number of hydrogen-bond acceptors (Lipinski definition) is 4. The number of carboxylic acids is 1. The van der Waals surface area contributed by atoms with Crippen LogP contribution in [-0.4, -0.2) is 64.0 Å². The van der Waals surface area contributed by atoms with Crippen molar-refractivity contribution in [2.24, 2.45) is 11.8 Å². The van der Waals surface area contributed by atoms with E-state index in [9.17, 15) is 24.3 Å². The van der Waals surface area contributed by atoms with Crippen LogP contribution in [0, 0.1) is 18.8 Å². The Bertz CT molecular complexity index is 1290. The van der Waals surface area contributed by atoms with E-state index in [1.807, 2.05) is 55.5 Å². The molecule has 1 aliphatic heterocycles. The van der Waals surface area contributed by atoms with Crippen molar-refractivity contribution in [3.05, 3.63) is 65.7 Å². The van der Waals surface area contributed by atoms with Gasteiger partial charge in [0.25, 0.3) is 5.91 Å². The van der Waals surface area contributed by atoms with E-state index in [4.69, 9.17) is 0 Å². The van der Waals surface area contributed by atoms with Crippen LogP contribution in [0.25, 0.3) is 0 Å². The first-order valence-corrected chi connectivity index (χ1v) is 15.8. The van der Waals surface area contributed by atoms with Crippen LogP contribution in [-0.2, 0) is 14.4 Å². The van der Waals surface area contributed by atoms with Crippen molar-refractivity contribution in [2.75, 3.05) is 18.4 Å². The van der Waals surface area contributed by atoms with Crippen molar-refractivity contribution in [3.63, 3.8) is 0 Å². The third-order valence-corrected chi connectivity index (χ3v) is 9.46. The first kappa shape index (κ1) is 30.6. The molecular weight excluding hydrogens is 544 g/mol. The first-order chi connectivity index (χ1) is 20.8. The lowest BCUT2D eigenvalue weighted by Crippen LogP contribution is -2.58. The summed E-state index contributed by atoms with van der Waals surface area (Å²) in [6.45, 7) is 2.35. The number of carbonyl (C=O) groups excluding carboxylic acids is 3. The van der Waals surface area contributed by atoms with Gasteiger partial charge in [0.15, 0.2) is 6.17 Å². The third-order valence-electron chi connectivity index (χ3n) is 9.46. The molecule has 9 nitrogen and oxygen atoms in total. The lowest BCUT2D eigenvalue weighted by molar-refractivity contribution is -0.144. The second-order valence-electron chi connectivity index (χ2n) is 12.4. The number of rotatable bonds is 9. The molecule has 230 valence electrons. The van der Waals surface area contributed by atoms with Crippen molar-refractivity contribution >= 4 is 29.5 Å². The van der Waals surface area contributed by atoms with Crippen molar-refractivity contribution in [1.29, 1.82) is 0 Å². The van der Waals surface area contributed by atoms with Gasteiger partial charge in [0.05, 0.1) is 12.3 Å². The van der Waals surface area contributed by atoms with Crippen molar-refractivity contribution in [3.8, 4) is 0 Å². The van der Waals surface area contributed by atoms with Gasteiger partial charge in [-0.2, -0.15) is 0 Å². The molecule has 2 aliphatic carbocycles. The summed E-state index contributed by atoms with van der Waals surface area (Å²) in [5.74, 6) is -1.83. The molecule has 1 saturated heterocycles. The van der Waals surface area contributed by atoms with E-state index >= 15 is 0 Å². The molecule has 1 heterocycles. The molecule has 0 spiro atoms. The Labute approximate surface area is 254 Å². The van der Waals surface area contributed by atoms with E-state index in [1.54, 1.807) is 11.0 Å². The minimum absolute atomic E-state index is 0.0458. The van der Waals surface area contributed by atoms with Gasteiger partial charge in [0, 0.05) is 24.8 Å². The molecule has 3 N–H and O–H groups in total. The fourth-order valence-electron chi connectivity index (χ4n) is 7.34. The van der Waals surface area contributed by atoms with Crippen LogP contribution in [0.5, 0.6) is 0 Å². The molecule has 0 bridgehead atoms. The number of anilines is 1. The number of nitrogens with one attached hydrogen (secondary N) is 2. The lowest BCUT2D eigenvalue weighted by Gasteiger charge is -2.36. The van der Waals surface area contributed by atoms with Crippen LogP contribution in [0.4, 0.5) is 10.5 Å². The highest BCUT2D eigenvalue weighted by molar-refractivity contribution is 5.97. The van der Waals surface area contributed by atoms with Crippen molar-refractivity contribution in [1.82, 2.24) is 15.1 Å². The SMILES string of the molecule is Cc1cccc(NC(=O)N2CCN(C(=O)C(c3ccccc3)C3CCCC3)C2C(=O)NC(CC(=O)O)C2CCCCC2)c1. The van der Waals surface area contributed by atoms with Crippen LogP contribution in [0.2, 0.25) is 0 Å². The number of nitrogens with zero attached hydrogens (tertiary/aromatic N) is 2. The maximum Gasteiger partial charge on any atom is 0.323 e. The van der Waals surface area contributed by atoms with Crippen molar-refractivity contribution in [2.45, 2.75) is 89.3 Å². The maximum atomic E-state index is 14.5. The quantitative estimate of drug-likeness (QED) is 0.357. The van der Waals surface area contributed by atoms with Crippen LogP contribution >= 0.6 is 0 Å². The largest absolute Gasteiger partial charge is 0.481 e. The van der Waals surface area contributed by atoms with Gasteiger partial charge in [-0.25, -0.2) is 4.79 Å². The lowest BCUT2D eigenvalue weighted by atomic mass is 9.82. The molecule has 5 rings (SSSR count). The van der Waals surface area contributed by atoms with Crippen molar-refractivity contribution < 1.29 is 24.3 Å². The molecule has 0 radical (unpaired) electrons. The summed E-state index contributed by atoms with van der Waals surface area (Å²) in [4.78, 5) is 57.1. The molecular formula is C34H44N4O5. The highest BCUT2D eigenvalue weighted by Gasteiger charge is 2.47. The van der Waals surface area contributed by atoms with Gasteiger partial charge in [-0.15, -0.1) is 0 Å². The van der Waals surface area contributed by atoms with E-state index in [0.29, 0.717) is 5.69 Å². The Hall–Kier alpha value is -3.88. The van der Waals surface area contributed by atoms with Crippen LogP contribution < -0.4 is 10.6 Å². The zero-order valence-corrected chi connectivity index (χ0v) is 25.0. The summed E-state index contributed by atoms with van der Waals surface area (Å²) < 4.78 is 0. The minimum atomic E-state index is -1.18. The van der Waals surface area contributed by atoms with E-state index in [2.05, 4.69) is 10.6 Å². The molecule has 3 fully saturated rings. The monoisotopic (exact) mass is 588 g/mol. The summed E-state index contributed by atoms with van der Waals surface area (Å²) in [6, 6.07) is 16.1. The topological polar surface area (TPSA) is 119 Å². The Morgan fingerprint density at radius 1 is 0.837 bits per heavy atom. The summed E-state index contributed by atoms with van der Waals surface area (Å²) in [6.07, 6.45) is 7.43. The summed E-state index contributed by atoms with van der Waals surface area (Å²) in [5.41, 5.74) is 2.51. The Morgan fingerprint density at radius 2 is 1.49 bits per heavy atom. The number of urea groups is 1. The van der Waals surface area contributed by atoms with Gasteiger partial charge in [-0.05, 0) is 67.7 Å². The standard InChI is InChI=1S/C34H44N4O5/c1-23-11-10-18-27(21-23)35-34(43)38-20-19-37(33(42)30(26-16-8-9-17-26)25-14-6-3-7-15-25)32(38)31(41)36-28(22-29(39)40)24-12-4-2-5-13-24/h3,6-7,10-11,14-15,18,21,24,26,28,30,32H,2,4-5,8-9,12-13,16-17,19-20,22H2,1H3,(H,35,43)(H,36,41)(H,39,40). The first-order valence-electron chi connectivity index (χ1n) is 15.8. The second-order valence-corrected chi connectivity index (χ2v) is 12.4. The van der Waals surface area contributed by atoms with Crippen LogP contribution in [0.1, 0.15) is 81.3 Å². The van der Waals surface area contributed by atoms with Gasteiger partial charge in [0.2, 0.25) is 5.91 Å². The molecule has 2 saturated carbocycles. The number of carboxylic acid groups (broad SMARTS) is 1. The Morgan fingerprint density at radius 3 is 2.16 bits per heavy atom. The normalized spacial score (nSPS) is 20.9. The maximum absolute atomic E-state index is 14.5. The highest BCUT2D eigenvalue weighted by atomic mass is 16.4. The molecule has 2 aromatic carbocycles. The predicted molar refractivity (Wildman–Crippen MR) is 164 cm³/mol. The Kier molecular flexibility index (Phi) is 10.00. The number of benzene rings is 2. The zero-order valence-electron chi connectivity index (χ0n) is 25.0. The number of carbonyl (C=O) groups is 4. The summed E-state index contributed by atoms with van der Waals surface area (Å²) in [5, 5.41) is 15.6.